The van der Waals surface area contributed by atoms with Gasteiger partial charge in [0.15, 0.2) is 0 Å². The topological polar surface area (TPSA) is 87.7 Å². The van der Waals surface area contributed by atoms with Crippen LogP contribution in [-0.4, -0.2) is 22.8 Å². The second kappa shape index (κ2) is 7.35. The molecule has 2 rings (SSSR count). The number of rotatable bonds is 5. The highest BCUT2D eigenvalue weighted by Crippen LogP contribution is 2.20. The molecule has 24 heavy (non-hydrogen) atoms. The van der Waals surface area contributed by atoms with Crippen molar-refractivity contribution < 1.29 is 19.4 Å². The normalized spacial score (nSPS) is 11.0. The Labute approximate surface area is 144 Å². The van der Waals surface area contributed by atoms with Gasteiger partial charge in [-0.25, -0.2) is 9.59 Å². The first-order valence-corrected chi connectivity index (χ1v) is 8.25. The van der Waals surface area contributed by atoms with Gasteiger partial charge in [-0.05, 0) is 45.0 Å². The van der Waals surface area contributed by atoms with Crippen LogP contribution in [-0.2, 0) is 11.3 Å². The van der Waals surface area contributed by atoms with Gasteiger partial charge in [-0.15, -0.1) is 11.3 Å². The minimum Gasteiger partial charge on any atom is -0.478 e. The highest BCUT2D eigenvalue weighted by atomic mass is 32.1. The summed E-state index contributed by atoms with van der Waals surface area (Å²) in [5.74, 6) is -0.930. The molecule has 1 heterocycles. The Bertz CT molecular complexity index is 734. The van der Waals surface area contributed by atoms with E-state index in [0.717, 1.165) is 10.6 Å². The van der Waals surface area contributed by atoms with Gasteiger partial charge in [-0.1, -0.05) is 6.07 Å². The lowest BCUT2D eigenvalue weighted by molar-refractivity contribution is 0.0634. The quantitative estimate of drug-likeness (QED) is 0.745. The van der Waals surface area contributed by atoms with Crippen molar-refractivity contribution in [2.45, 2.75) is 32.9 Å². The monoisotopic (exact) mass is 348 g/mol. The van der Waals surface area contributed by atoms with Crippen molar-refractivity contribution in [3.8, 4) is 0 Å². The molecule has 2 aromatic rings. The van der Waals surface area contributed by atoms with Gasteiger partial charge in [-0.2, -0.15) is 0 Å². The molecule has 7 heteroatoms. The molecular weight excluding hydrogens is 328 g/mol. The molecule has 3 N–H and O–H groups in total. The number of carbonyl (C=O) groups excluding carboxylic acids is 1. The van der Waals surface area contributed by atoms with E-state index in [4.69, 9.17) is 9.84 Å². The maximum atomic E-state index is 11.8. The van der Waals surface area contributed by atoms with E-state index in [1.807, 2.05) is 12.1 Å². The zero-order chi connectivity index (χ0) is 17.7. The summed E-state index contributed by atoms with van der Waals surface area (Å²) >= 11 is 1.39. The molecule has 0 spiro atoms. The fourth-order valence-corrected chi connectivity index (χ4v) is 2.70. The smallest absolute Gasteiger partial charge is 0.412 e. The Morgan fingerprint density at radius 3 is 2.54 bits per heavy atom. The van der Waals surface area contributed by atoms with Crippen LogP contribution in [0.3, 0.4) is 0 Å². The second-order valence-electron chi connectivity index (χ2n) is 6.17. The van der Waals surface area contributed by atoms with Crippen LogP contribution in [0, 0.1) is 0 Å². The van der Waals surface area contributed by atoms with Crippen molar-refractivity contribution in [1.29, 1.82) is 0 Å². The van der Waals surface area contributed by atoms with Crippen molar-refractivity contribution in [3.63, 3.8) is 0 Å². The van der Waals surface area contributed by atoms with Crippen molar-refractivity contribution in [2.75, 3.05) is 10.6 Å². The summed E-state index contributed by atoms with van der Waals surface area (Å²) in [5.41, 5.74) is 1.17. The third-order valence-corrected chi connectivity index (χ3v) is 3.81. The highest BCUT2D eigenvalue weighted by Gasteiger charge is 2.16. The standard InChI is InChI=1S/C17H20N2O4S/c1-17(2,3)23-16(22)19-13-6-4-5-12(8-13)18-9-14-7-11(10-24-14)15(20)21/h4-8,10,18H,9H2,1-3H3,(H,19,22)(H,20,21). The number of benzene rings is 1. The molecule has 0 fully saturated rings. The molecule has 0 aliphatic carbocycles. The SMILES string of the molecule is CC(C)(C)OC(=O)Nc1cccc(NCc2cc(C(=O)O)cs2)c1. The van der Waals surface area contributed by atoms with Gasteiger partial charge in [0.25, 0.3) is 0 Å². The minimum absolute atomic E-state index is 0.289. The molecule has 0 saturated heterocycles. The number of carbonyl (C=O) groups is 2. The summed E-state index contributed by atoms with van der Waals surface area (Å²) in [6.07, 6.45) is -0.510. The van der Waals surface area contributed by atoms with E-state index in [1.165, 1.54) is 11.3 Å². The lowest BCUT2D eigenvalue weighted by atomic mass is 10.2. The van der Waals surface area contributed by atoms with Crippen LogP contribution >= 0.6 is 11.3 Å². The van der Waals surface area contributed by atoms with E-state index in [-0.39, 0.29) is 5.56 Å². The van der Waals surface area contributed by atoms with Crippen LogP contribution in [0.2, 0.25) is 0 Å². The third kappa shape index (κ3) is 5.58. The summed E-state index contributed by atoms with van der Waals surface area (Å²) in [5, 5.41) is 16.4. The number of thiophene rings is 1. The van der Waals surface area contributed by atoms with Crippen LogP contribution in [0.15, 0.2) is 35.7 Å². The first-order valence-electron chi connectivity index (χ1n) is 7.37. The Hall–Kier alpha value is -2.54. The molecule has 0 saturated carbocycles. The third-order valence-electron chi connectivity index (χ3n) is 2.88. The van der Waals surface area contributed by atoms with Crippen LogP contribution < -0.4 is 10.6 Å². The molecule has 0 aliphatic heterocycles. The summed E-state index contributed by atoms with van der Waals surface area (Å²) in [4.78, 5) is 23.6. The minimum atomic E-state index is -0.930. The molecule has 6 nitrogen and oxygen atoms in total. The van der Waals surface area contributed by atoms with Gasteiger partial charge in [0.1, 0.15) is 5.60 Å². The van der Waals surface area contributed by atoms with Gasteiger partial charge < -0.3 is 15.2 Å². The Kier molecular flexibility index (Phi) is 5.46. The molecule has 1 aromatic heterocycles. The predicted molar refractivity (Wildman–Crippen MR) is 94.9 cm³/mol. The summed E-state index contributed by atoms with van der Waals surface area (Å²) < 4.78 is 5.21. The predicted octanol–water partition coefficient (Wildman–Crippen LogP) is 4.41. The van der Waals surface area contributed by atoms with E-state index in [2.05, 4.69) is 10.6 Å². The van der Waals surface area contributed by atoms with Gasteiger partial charge in [0.2, 0.25) is 0 Å². The maximum absolute atomic E-state index is 11.8. The van der Waals surface area contributed by atoms with Crippen molar-refractivity contribution >= 4 is 34.8 Å². The second-order valence-corrected chi connectivity index (χ2v) is 7.16. The number of hydrogen-bond acceptors (Lipinski definition) is 5. The first kappa shape index (κ1) is 17.8. The number of ether oxygens (including phenoxy) is 1. The fourth-order valence-electron chi connectivity index (χ4n) is 1.90. The first-order chi connectivity index (χ1) is 11.2. The molecule has 128 valence electrons. The maximum Gasteiger partial charge on any atom is 0.412 e. The number of hydrogen-bond donors (Lipinski definition) is 3. The Morgan fingerprint density at radius 2 is 1.92 bits per heavy atom. The summed E-state index contributed by atoms with van der Waals surface area (Å²) in [6.45, 7) is 5.92. The van der Waals surface area contributed by atoms with Gasteiger partial charge in [0.05, 0.1) is 5.56 Å². The van der Waals surface area contributed by atoms with Crippen LogP contribution in [0.25, 0.3) is 0 Å². The van der Waals surface area contributed by atoms with E-state index < -0.39 is 17.7 Å². The van der Waals surface area contributed by atoms with E-state index in [0.29, 0.717) is 12.2 Å². The van der Waals surface area contributed by atoms with Gasteiger partial charge >= 0.3 is 12.1 Å². The molecule has 0 unspecified atom stereocenters. The summed E-state index contributed by atoms with van der Waals surface area (Å²) in [7, 11) is 0. The van der Waals surface area contributed by atoms with Crippen LogP contribution in [0.4, 0.5) is 16.2 Å². The number of anilines is 2. The largest absolute Gasteiger partial charge is 0.478 e. The Balaban J connectivity index is 1.94. The van der Waals surface area contributed by atoms with Gasteiger partial charge in [-0.3, -0.25) is 5.32 Å². The molecule has 0 atom stereocenters. The number of aromatic carboxylic acids is 1. The zero-order valence-electron chi connectivity index (χ0n) is 13.8. The molecule has 1 amide bonds. The number of nitrogens with one attached hydrogen (secondary N) is 2. The number of carboxylic acids is 1. The molecular formula is C17H20N2O4S. The lowest BCUT2D eigenvalue weighted by Crippen LogP contribution is -2.27. The van der Waals surface area contributed by atoms with Crippen LogP contribution in [0.5, 0.6) is 0 Å². The zero-order valence-corrected chi connectivity index (χ0v) is 14.6. The van der Waals surface area contributed by atoms with Crippen molar-refractivity contribution in [1.82, 2.24) is 0 Å². The Morgan fingerprint density at radius 1 is 1.21 bits per heavy atom. The molecule has 1 aromatic carbocycles. The highest BCUT2D eigenvalue weighted by molar-refractivity contribution is 7.10. The number of amides is 1. The number of carboxylic acid groups (broad SMARTS) is 1. The van der Waals surface area contributed by atoms with E-state index in [9.17, 15) is 9.59 Å². The fraction of sp³-hybridized carbons (Fsp3) is 0.294. The van der Waals surface area contributed by atoms with Crippen molar-refractivity contribution in [2.24, 2.45) is 0 Å². The molecule has 0 radical (unpaired) electrons. The molecule has 0 bridgehead atoms. The van der Waals surface area contributed by atoms with E-state index in [1.54, 1.807) is 44.4 Å². The lowest BCUT2D eigenvalue weighted by Gasteiger charge is -2.19. The average molecular weight is 348 g/mol. The van der Waals surface area contributed by atoms with Crippen LogP contribution in [0.1, 0.15) is 36.0 Å². The van der Waals surface area contributed by atoms with Crippen molar-refractivity contribution in [3.05, 3.63) is 46.2 Å². The van der Waals surface area contributed by atoms with Gasteiger partial charge in [0, 0.05) is 28.2 Å². The summed E-state index contributed by atoms with van der Waals surface area (Å²) in [6, 6.07) is 8.87. The van der Waals surface area contributed by atoms with E-state index >= 15 is 0 Å². The average Bonchev–Trinajstić information content (AvgIpc) is 2.92. The molecule has 0 aliphatic rings.